The molecule has 2 aromatic rings. The summed E-state index contributed by atoms with van der Waals surface area (Å²) in [5.74, 6) is 3.63. The van der Waals surface area contributed by atoms with Gasteiger partial charge in [-0.3, -0.25) is 0 Å². The van der Waals surface area contributed by atoms with Crippen molar-refractivity contribution < 1.29 is 0 Å². The van der Waals surface area contributed by atoms with Gasteiger partial charge in [0.25, 0.3) is 0 Å². The van der Waals surface area contributed by atoms with Crippen LogP contribution >= 0.6 is 0 Å². The van der Waals surface area contributed by atoms with Gasteiger partial charge in [-0.15, -0.1) is 0 Å². The van der Waals surface area contributed by atoms with Crippen LogP contribution in [0.2, 0.25) is 0 Å². The topological polar surface area (TPSA) is 35.6 Å². The zero-order valence-electron chi connectivity index (χ0n) is 19.7. The van der Waals surface area contributed by atoms with Crippen LogP contribution in [0.25, 0.3) is 0 Å². The van der Waals surface area contributed by atoms with Gasteiger partial charge in [-0.1, -0.05) is 41.5 Å². The molecule has 2 heterocycles. The third kappa shape index (κ3) is 3.37. The Hall–Kier alpha value is -1.58. The van der Waals surface area contributed by atoms with Crippen molar-refractivity contribution >= 4 is 0 Å². The molecule has 0 saturated heterocycles. The number of hydrogen-bond donors (Lipinski definition) is 0. The molecule has 4 rings (SSSR count). The van der Waals surface area contributed by atoms with Gasteiger partial charge >= 0.3 is 0 Å². The highest BCUT2D eigenvalue weighted by Gasteiger charge is 2.36. The Bertz CT molecular complexity index is 799. The number of fused-ring (bicyclic) bond motifs is 2. The van der Waals surface area contributed by atoms with Gasteiger partial charge < -0.3 is 0 Å². The highest BCUT2D eigenvalue weighted by molar-refractivity contribution is 5.31. The van der Waals surface area contributed by atoms with Crippen molar-refractivity contribution in [3.63, 3.8) is 0 Å². The number of hydrogen-bond acceptors (Lipinski definition) is 2. The molecule has 4 heteroatoms. The van der Waals surface area contributed by atoms with Crippen molar-refractivity contribution in [3.05, 3.63) is 34.9 Å². The summed E-state index contributed by atoms with van der Waals surface area (Å²) in [5, 5.41) is 10.4. The monoisotopic (exact) mass is 396 g/mol. The second kappa shape index (κ2) is 7.28. The molecular formula is C25H40N4. The van der Waals surface area contributed by atoms with E-state index in [9.17, 15) is 0 Å². The Labute approximate surface area is 177 Å². The van der Waals surface area contributed by atoms with Gasteiger partial charge in [-0.2, -0.15) is 10.2 Å². The molecule has 0 N–H and O–H groups in total. The van der Waals surface area contributed by atoms with E-state index in [1.54, 1.807) is 0 Å². The Morgan fingerprint density at radius 1 is 0.759 bits per heavy atom. The first kappa shape index (κ1) is 20.7. The van der Waals surface area contributed by atoms with E-state index < -0.39 is 0 Å². The summed E-state index contributed by atoms with van der Waals surface area (Å²) in [4.78, 5) is 0. The third-order valence-electron chi connectivity index (χ3n) is 7.86. The molecule has 4 atom stereocenters. The first-order valence-corrected chi connectivity index (χ1v) is 11.8. The van der Waals surface area contributed by atoms with Gasteiger partial charge in [0.1, 0.15) is 5.66 Å². The molecule has 160 valence electrons. The molecule has 2 aliphatic rings. The van der Waals surface area contributed by atoms with E-state index in [4.69, 9.17) is 10.2 Å². The highest BCUT2D eigenvalue weighted by atomic mass is 15.5. The first-order chi connectivity index (χ1) is 13.6. The van der Waals surface area contributed by atoms with Gasteiger partial charge in [0, 0.05) is 24.2 Å². The van der Waals surface area contributed by atoms with Crippen LogP contribution in [0.1, 0.15) is 127 Å². The lowest BCUT2D eigenvalue weighted by Gasteiger charge is -2.28. The quantitative estimate of drug-likeness (QED) is 0.584. The third-order valence-corrected chi connectivity index (χ3v) is 7.86. The summed E-state index contributed by atoms with van der Waals surface area (Å²) in [5.41, 5.74) is 5.26. The molecule has 29 heavy (non-hydrogen) atoms. The average molecular weight is 397 g/mol. The summed E-state index contributed by atoms with van der Waals surface area (Å²) in [7, 11) is 0. The number of nitrogens with zero attached hydrogens (tertiary/aromatic N) is 4. The zero-order valence-corrected chi connectivity index (χ0v) is 19.7. The van der Waals surface area contributed by atoms with Crippen LogP contribution in [0.5, 0.6) is 0 Å². The molecule has 0 unspecified atom stereocenters. The van der Waals surface area contributed by atoms with Gasteiger partial charge in [-0.05, 0) is 74.3 Å². The summed E-state index contributed by atoms with van der Waals surface area (Å²) in [6.45, 7) is 18.6. The maximum absolute atomic E-state index is 5.19. The SMILES string of the molecule is CC(C)[C@H]1CC[C@@H](C)c2cn(C(C)(C)n3cc4c(n3)[C@@H](C(C)C)CC[C@@H]4C)nc21. The van der Waals surface area contributed by atoms with Gasteiger partial charge in [0.05, 0.1) is 11.4 Å². The van der Waals surface area contributed by atoms with Crippen LogP contribution in [-0.4, -0.2) is 19.6 Å². The second-order valence-electron chi connectivity index (χ2n) is 11.0. The summed E-state index contributed by atoms with van der Waals surface area (Å²) in [6, 6.07) is 0. The number of aromatic nitrogens is 4. The van der Waals surface area contributed by atoms with E-state index in [2.05, 4.69) is 77.1 Å². The van der Waals surface area contributed by atoms with Crippen LogP contribution < -0.4 is 0 Å². The zero-order chi connectivity index (χ0) is 21.1. The largest absolute Gasteiger partial charge is 0.245 e. The maximum atomic E-state index is 5.19. The smallest absolute Gasteiger partial charge is 0.148 e. The molecule has 0 radical (unpaired) electrons. The number of rotatable bonds is 4. The highest BCUT2D eigenvalue weighted by Crippen LogP contribution is 2.44. The second-order valence-corrected chi connectivity index (χ2v) is 11.0. The molecule has 0 bridgehead atoms. The first-order valence-electron chi connectivity index (χ1n) is 11.8. The lowest BCUT2D eigenvalue weighted by atomic mass is 9.77. The van der Waals surface area contributed by atoms with Crippen LogP contribution in [0.4, 0.5) is 0 Å². The van der Waals surface area contributed by atoms with Gasteiger partial charge in [0.2, 0.25) is 0 Å². The van der Waals surface area contributed by atoms with Crippen molar-refractivity contribution in [2.75, 3.05) is 0 Å². The molecule has 0 amide bonds. The Morgan fingerprint density at radius 2 is 1.14 bits per heavy atom. The van der Waals surface area contributed by atoms with E-state index in [0.29, 0.717) is 35.5 Å². The van der Waals surface area contributed by atoms with E-state index in [1.165, 1.54) is 48.2 Å². The fourth-order valence-electron chi connectivity index (χ4n) is 5.54. The van der Waals surface area contributed by atoms with E-state index in [-0.39, 0.29) is 5.66 Å². The van der Waals surface area contributed by atoms with Crippen molar-refractivity contribution in [2.24, 2.45) is 11.8 Å². The maximum Gasteiger partial charge on any atom is 0.148 e. The Balaban J connectivity index is 1.75. The molecule has 0 aromatic carbocycles. The normalized spacial score (nSPS) is 27.4. The van der Waals surface area contributed by atoms with Crippen molar-refractivity contribution in [3.8, 4) is 0 Å². The molecule has 0 saturated carbocycles. The summed E-state index contributed by atoms with van der Waals surface area (Å²) < 4.78 is 4.39. The molecule has 0 aliphatic heterocycles. The fraction of sp³-hybridized carbons (Fsp3) is 0.760. The van der Waals surface area contributed by atoms with Gasteiger partial charge in [-0.25, -0.2) is 9.36 Å². The fourth-order valence-corrected chi connectivity index (χ4v) is 5.54. The van der Waals surface area contributed by atoms with Crippen molar-refractivity contribution in [1.82, 2.24) is 19.6 Å². The Kier molecular flexibility index (Phi) is 5.19. The van der Waals surface area contributed by atoms with E-state index in [0.717, 1.165) is 0 Å². The molecule has 0 fully saturated rings. The van der Waals surface area contributed by atoms with Crippen LogP contribution in [0, 0.1) is 11.8 Å². The predicted molar refractivity (Wildman–Crippen MR) is 120 cm³/mol. The molecule has 4 nitrogen and oxygen atoms in total. The molecule has 2 aromatic heterocycles. The minimum atomic E-state index is -0.308. The predicted octanol–water partition coefficient (Wildman–Crippen LogP) is 6.59. The molecular weight excluding hydrogens is 356 g/mol. The standard InChI is InChI=1S/C25H40N4/c1-15(2)19-11-9-17(5)21-13-28(26-23(19)21)25(7,8)29-14-22-18(6)10-12-20(16(3)4)24(22)27-29/h13-20H,9-12H2,1-8H3/t17-,18+,19-,20-/m1/s1. The van der Waals surface area contributed by atoms with E-state index >= 15 is 0 Å². The summed E-state index contributed by atoms with van der Waals surface area (Å²) in [6.07, 6.45) is 9.69. The van der Waals surface area contributed by atoms with Crippen LogP contribution in [0.15, 0.2) is 12.4 Å². The molecule has 2 aliphatic carbocycles. The van der Waals surface area contributed by atoms with Crippen LogP contribution in [-0.2, 0) is 5.66 Å². The lowest BCUT2D eigenvalue weighted by molar-refractivity contribution is 0.230. The minimum Gasteiger partial charge on any atom is -0.245 e. The van der Waals surface area contributed by atoms with E-state index in [1.807, 2.05) is 0 Å². The summed E-state index contributed by atoms with van der Waals surface area (Å²) >= 11 is 0. The van der Waals surface area contributed by atoms with Crippen LogP contribution in [0.3, 0.4) is 0 Å². The minimum absolute atomic E-state index is 0.308. The average Bonchev–Trinajstić information content (AvgIpc) is 3.28. The van der Waals surface area contributed by atoms with Crippen molar-refractivity contribution in [2.45, 2.75) is 110 Å². The Morgan fingerprint density at radius 3 is 1.48 bits per heavy atom. The van der Waals surface area contributed by atoms with Crippen molar-refractivity contribution in [1.29, 1.82) is 0 Å². The lowest BCUT2D eigenvalue weighted by Crippen LogP contribution is -2.36. The molecule has 0 spiro atoms. The van der Waals surface area contributed by atoms with Gasteiger partial charge in [0.15, 0.2) is 0 Å².